The van der Waals surface area contributed by atoms with Gasteiger partial charge in [-0.25, -0.2) is 9.78 Å². The third kappa shape index (κ3) is 4.33. The van der Waals surface area contributed by atoms with Gasteiger partial charge in [0.25, 0.3) is 0 Å². The highest BCUT2D eigenvalue weighted by atomic mass is 35.5. The van der Waals surface area contributed by atoms with Crippen molar-refractivity contribution in [3.63, 3.8) is 0 Å². The highest BCUT2D eigenvalue weighted by Gasteiger charge is 2.29. The molecular formula is C27H28ClN5O. The molecule has 1 saturated heterocycles. The van der Waals surface area contributed by atoms with Crippen molar-refractivity contribution in [1.82, 2.24) is 14.3 Å². The van der Waals surface area contributed by atoms with Gasteiger partial charge in [-0.2, -0.15) is 0 Å². The molecule has 174 valence electrons. The smallest absolute Gasteiger partial charge is 0.321 e. The SMILES string of the molecule is CN(C)c1ccc(NC(=O)N2CCC[C@@H](c3nc(-c4ccccc4Cl)c4ccccn34)C2)cc1. The Hall–Kier alpha value is -3.51. The molecule has 0 aliphatic carbocycles. The number of nitrogens with one attached hydrogen (secondary N) is 1. The Bertz CT molecular complexity index is 1310. The van der Waals surface area contributed by atoms with Crippen molar-refractivity contribution in [3.05, 3.63) is 83.8 Å². The van der Waals surface area contributed by atoms with E-state index >= 15 is 0 Å². The quantitative estimate of drug-likeness (QED) is 0.387. The Morgan fingerprint density at radius 3 is 2.59 bits per heavy atom. The molecule has 0 radical (unpaired) electrons. The van der Waals surface area contributed by atoms with Crippen LogP contribution < -0.4 is 10.2 Å². The Labute approximate surface area is 204 Å². The molecule has 1 aliphatic heterocycles. The van der Waals surface area contributed by atoms with Crippen molar-refractivity contribution in [3.8, 4) is 11.3 Å². The fourth-order valence-electron chi connectivity index (χ4n) is 4.62. The summed E-state index contributed by atoms with van der Waals surface area (Å²) in [6.45, 7) is 1.36. The highest BCUT2D eigenvalue weighted by molar-refractivity contribution is 6.33. The minimum absolute atomic E-state index is 0.0745. The van der Waals surface area contributed by atoms with Crippen LogP contribution in [0.4, 0.5) is 16.2 Å². The van der Waals surface area contributed by atoms with Crippen molar-refractivity contribution in [2.75, 3.05) is 37.4 Å². The van der Waals surface area contributed by atoms with Crippen LogP contribution in [0.2, 0.25) is 5.02 Å². The Balaban J connectivity index is 1.39. The maximum absolute atomic E-state index is 13.1. The lowest BCUT2D eigenvalue weighted by Gasteiger charge is -2.32. The molecule has 0 bridgehead atoms. The van der Waals surface area contributed by atoms with Gasteiger partial charge >= 0.3 is 6.03 Å². The van der Waals surface area contributed by atoms with E-state index in [9.17, 15) is 4.79 Å². The molecule has 0 saturated carbocycles. The summed E-state index contributed by atoms with van der Waals surface area (Å²) in [4.78, 5) is 22.1. The predicted octanol–water partition coefficient (Wildman–Crippen LogP) is 6.13. The van der Waals surface area contributed by atoms with E-state index in [1.54, 1.807) is 0 Å². The van der Waals surface area contributed by atoms with Gasteiger partial charge in [0.1, 0.15) is 5.82 Å². The summed E-state index contributed by atoms with van der Waals surface area (Å²) in [5, 5.41) is 3.73. The van der Waals surface area contributed by atoms with Crippen LogP contribution in [-0.4, -0.2) is 47.5 Å². The zero-order valence-corrected chi connectivity index (χ0v) is 20.2. The first-order chi connectivity index (χ1) is 16.5. The van der Waals surface area contributed by atoms with Gasteiger partial charge in [0, 0.05) is 56.2 Å². The predicted molar refractivity (Wildman–Crippen MR) is 139 cm³/mol. The normalized spacial score (nSPS) is 16.0. The standard InChI is InChI=1S/C27H28ClN5O/c1-31(2)21-14-12-20(13-15-21)29-27(34)32-16-7-8-19(18-32)26-30-25(22-9-3-4-10-23(22)28)24-11-5-6-17-33(24)26/h3-6,9-15,17,19H,7-8,16,18H2,1-2H3,(H,29,34)/t19-/m1/s1. The summed E-state index contributed by atoms with van der Waals surface area (Å²) in [5.74, 6) is 1.11. The number of imidazole rings is 1. The van der Waals surface area contributed by atoms with Crippen LogP contribution in [0.1, 0.15) is 24.6 Å². The number of halogens is 1. The zero-order chi connectivity index (χ0) is 23.7. The van der Waals surface area contributed by atoms with E-state index < -0.39 is 0 Å². The van der Waals surface area contributed by atoms with Gasteiger partial charge in [-0.1, -0.05) is 35.9 Å². The summed E-state index contributed by atoms with van der Waals surface area (Å²) in [5.41, 5.74) is 4.71. The number of amides is 2. The van der Waals surface area contributed by atoms with Crippen molar-refractivity contribution < 1.29 is 4.79 Å². The molecular weight excluding hydrogens is 446 g/mol. The van der Waals surface area contributed by atoms with E-state index in [2.05, 4.69) is 15.8 Å². The molecule has 4 aromatic rings. The summed E-state index contributed by atoms with van der Waals surface area (Å²) in [7, 11) is 4.00. The molecule has 0 spiro atoms. The van der Waals surface area contributed by atoms with Gasteiger partial charge in [0.15, 0.2) is 0 Å². The highest BCUT2D eigenvalue weighted by Crippen LogP contribution is 2.35. The van der Waals surface area contributed by atoms with E-state index in [0.717, 1.165) is 53.4 Å². The molecule has 0 unspecified atom stereocenters. The summed E-state index contributed by atoms with van der Waals surface area (Å²) >= 11 is 6.51. The van der Waals surface area contributed by atoms with Crippen molar-refractivity contribution in [2.24, 2.45) is 0 Å². The van der Waals surface area contributed by atoms with Gasteiger partial charge in [0.2, 0.25) is 0 Å². The lowest BCUT2D eigenvalue weighted by Crippen LogP contribution is -2.42. The molecule has 2 aromatic heterocycles. The summed E-state index contributed by atoms with van der Waals surface area (Å²) in [6.07, 6.45) is 3.96. The Kier molecular flexibility index (Phi) is 6.16. The van der Waals surface area contributed by atoms with E-state index in [1.807, 2.05) is 90.8 Å². The number of benzene rings is 2. The first-order valence-corrected chi connectivity index (χ1v) is 11.9. The zero-order valence-electron chi connectivity index (χ0n) is 19.4. The monoisotopic (exact) mass is 473 g/mol. The van der Waals surface area contributed by atoms with E-state index in [4.69, 9.17) is 16.6 Å². The molecule has 1 N–H and O–H groups in total. The first kappa shape index (κ1) is 22.3. The van der Waals surface area contributed by atoms with Gasteiger partial charge in [0.05, 0.1) is 16.2 Å². The largest absolute Gasteiger partial charge is 0.378 e. The maximum atomic E-state index is 13.1. The van der Waals surface area contributed by atoms with Gasteiger partial charge in [-0.05, 0) is 55.3 Å². The third-order valence-electron chi connectivity index (χ3n) is 6.41. The number of likely N-dealkylation sites (tertiary alicyclic amines) is 1. The molecule has 1 aliphatic rings. The van der Waals surface area contributed by atoms with Crippen molar-refractivity contribution >= 4 is 34.5 Å². The molecule has 1 fully saturated rings. The van der Waals surface area contributed by atoms with Crippen LogP contribution in [0.25, 0.3) is 16.8 Å². The number of carbonyl (C=O) groups is 1. The first-order valence-electron chi connectivity index (χ1n) is 11.6. The number of hydrogen-bond acceptors (Lipinski definition) is 3. The Morgan fingerprint density at radius 2 is 1.82 bits per heavy atom. The number of anilines is 2. The number of fused-ring (bicyclic) bond motifs is 1. The molecule has 3 heterocycles. The van der Waals surface area contributed by atoms with Crippen LogP contribution in [0.5, 0.6) is 0 Å². The minimum Gasteiger partial charge on any atom is -0.378 e. The average Bonchev–Trinajstić information content (AvgIpc) is 3.24. The van der Waals surface area contributed by atoms with Gasteiger partial charge in [-0.3, -0.25) is 0 Å². The second-order valence-corrected chi connectivity index (χ2v) is 9.32. The van der Waals surface area contributed by atoms with Gasteiger partial charge in [-0.15, -0.1) is 0 Å². The number of hydrogen-bond donors (Lipinski definition) is 1. The molecule has 5 rings (SSSR count). The molecule has 1 atom stereocenters. The number of carbonyl (C=O) groups excluding carboxylic acids is 1. The number of piperidine rings is 1. The second-order valence-electron chi connectivity index (χ2n) is 8.91. The van der Waals surface area contributed by atoms with E-state index in [1.165, 1.54) is 0 Å². The van der Waals surface area contributed by atoms with Gasteiger partial charge < -0.3 is 19.5 Å². The van der Waals surface area contributed by atoms with Crippen molar-refractivity contribution in [2.45, 2.75) is 18.8 Å². The van der Waals surface area contributed by atoms with Crippen LogP contribution in [0.15, 0.2) is 72.9 Å². The number of rotatable bonds is 4. The fraction of sp³-hybridized carbons (Fsp3) is 0.259. The van der Waals surface area contributed by atoms with Crippen LogP contribution in [-0.2, 0) is 0 Å². The minimum atomic E-state index is -0.0745. The third-order valence-corrected chi connectivity index (χ3v) is 6.74. The Morgan fingerprint density at radius 1 is 1.06 bits per heavy atom. The number of pyridine rings is 1. The average molecular weight is 474 g/mol. The molecule has 2 amide bonds. The van der Waals surface area contributed by atoms with E-state index in [-0.39, 0.29) is 11.9 Å². The van der Waals surface area contributed by atoms with Crippen LogP contribution >= 0.6 is 11.6 Å². The number of aromatic nitrogens is 2. The number of urea groups is 1. The molecule has 6 nitrogen and oxygen atoms in total. The van der Waals surface area contributed by atoms with Crippen molar-refractivity contribution in [1.29, 1.82) is 0 Å². The lowest BCUT2D eigenvalue weighted by molar-refractivity contribution is 0.191. The molecule has 2 aromatic carbocycles. The van der Waals surface area contributed by atoms with Crippen LogP contribution in [0.3, 0.4) is 0 Å². The van der Waals surface area contributed by atoms with E-state index in [0.29, 0.717) is 11.6 Å². The second kappa shape index (κ2) is 9.39. The summed E-state index contributed by atoms with van der Waals surface area (Å²) < 4.78 is 2.14. The van der Waals surface area contributed by atoms with Crippen LogP contribution in [0, 0.1) is 0 Å². The summed E-state index contributed by atoms with van der Waals surface area (Å²) in [6, 6.07) is 21.7. The topological polar surface area (TPSA) is 52.9 Å². The number of nitrogens with zero attached hydrogens (tertiary/aromatic N) is 4. The lowest BCUT2D eigenvalue weighted by atomic mass is 9.97. The fourth-order valence-corrected chi connectivity index (χ4v) is 4.84. The molecule has 7 heteroatoms. The molecule has 34 heavy (non-hydrogen) atoms. The maximum Gasteiger partial charge on any atom is 0.321 e.